The van der Waals surface area contributed by atoms with Gasteiger partial charge >= 0.3 is 11.9 Å². The van der Waals surface area contributed by atoms with Crippen molar-refractivity contribution >= 4 is 17.6 Å². The van der Waals surface area contributed by atoms with Gasteiger partial charge in [-0.2, -0.15) is 5.10 Å². The van der Waals surface area contributed by atoms with E-state index in [9.17, 15) is 9.59 Å². The van der Waals surface area contributed by atoms with Crippen LogP contribution in [0, 0.1) is 13.8 Å². The molecule has 7 heteroatoms. The topological polar surface area (TPSA) is 82.8 Å². The van der Waals surface area contributed by atoms with E-state index in [1.54, 1.807) is 30.5 Å². The summed E-state index contributed by atoms with van der Waals surface area (Å²) in [5, 5.41) is 4.69. The van der Waals surface area contributed by atoms with Crippen molar-refractivity contribution in [1.82, 2.24) is 14.6 Å². The lowest BCUT2D eigenvalue weighted by Crippen LogP contribution is -2.12. The fraction of sp³-hybridized carbons (Fsp3) is 0.391. The molecular formula is C23H27N3O4. The van der Waals surface area contributed by atoms with Crippen LogP contribution in [0.15, 0.2) is 24.3 Å². The van der Waals surface area contributed by atoms with Crippen LogP contribution in [0.4, 0.5) is 0 Å². The molecule has 7 nitrogen and oxygen atoms in total. The predicted molar refractivity (Wildman–Crippen MR) is 114 cm³/mol. The Morgan fingerprint density at radius 2 is 1.70 bits per heavy atom. The summed E-state index contributed by atoms with van der Waals surface area (Å²) < 4.78 is 12.2. The van der Waals surface area contributed by atoms with E-state index in [0.29, 0.717) is 28.0 Å². The second-order valence-corrected chi connectivity index (χ2v) is 7.36. The maximum Gasteiger partial charge on any atom is 0.357 e. The molecule has 0 atom stereocenters. The van der Waals surface area contributed by atoms with Crippen molar-refractivity contribution in [3.8, 4) is 11.1 Å². The highest BCUT2D eigenvalue weighted by molar-refractivity contribution is 6.01. The Morgan fingerprint density at radius 1 is 1.03 bits per heavy atom. The molecule has 0 N–H and O–H groups in total. The van der Waals surface area contributed by atoms with Crippen LogP contribution in [-0.4, -0.2) is 39.8 Å². The lowest BCUT2D eigenvalue weighted by molar-refractivity contribution is 0.0513. The molecule has 0 bridgehead atoms. The molecule has 0 aliphatic carbocycles. The third-order valence-corrected chi connectivity index (χ3v) is 4.89. The van der Waals surface area contributed by atoms with Gasteiger partial charge in [-0.25, -0.2) is 19.1 Å². The molecule has 2 heterocycles. The summed E-state index contributed by atoms with van der Waals surface area (Å²) in [6, 6.07) is 7.21. The van der Waals surface area contributed by atoms with E-state index in [0.717, 1.165) is 11.3 Å². The van der Waals surface area contributed by atoms with Gasteiger partial charge in [-0.05, 0) is 51.3 Å². The van der Waals surface area contributed by atoms with Gasteiger partial charge in [0.05, 0.1) is 30.0 Å². The highest BCUT2D eigenvalue weighted by atomic mass is 16.5. The Balaban J connectivity index is 2.37. The van der Waals surface area contributed by atoms with Gasteiger partial charge in [0.25, 0.3) is 0 Å². The van der Waals surface area contributed by atoms with E-state index in [-0.39, 0.29) is 24.8 Å². The van der Waals surface area contributed by atoms with Crippen LogP contribution in [-0.2, 0) is 9.47 Å². The highest BCUT2D eigenvalue weighted by Crippen LogP contribution is 2.35. The second kappa shape index (κ2) is 8.65. The summed E-state index contributed by atoms with van der Waals surface area (Å²) in [4.78, 5) is 29.7. The van der Waals surface area contributed by atoms with E-state index in [4.69, 9.17) is 14.6 Å². The number of fused-ring (bicyclic) bond motifs is 1. The SMILES string of the molecule is CCOC(=O)c1cc(C(C)C)n2nc(C)c(-c3c(C)cccc3C(=O)OCC)c2n1. The van der Waals surface area contributed by atoms with Crippen molar-refractivity contribution in [2.75, 3.05) is 13.2 Å². The number of carbonyl (C=O) groups is 2. The summed E-state index contributed by atoms with van der Waals surface area (Å²) in [6.07, 6.45) is 0. The molecule has 0 aliphatic heterocycles. The summed E-state index contributed by atoms with van der Waals surface area (Å²) in [6.45, 7) is 11.9. The van der Waals surface area contributed by atoms with E-state index in [1.807, 2.05) is 39.8 Å². The molecule has 0 saturated heterocycles. The van der Waals surface area contributed by atoms with Gasteiger partial charge in [-0.15, -0.1) is 0 Å². The first kappa shape index (κ1) is 21.5. The molecule has 0 unspecified atom stereocenters. The van der Waals surface area contributed by atoms with E-state index in [2.05, 4.69) is 4.98 Å². The van der Waals surface area contributed by atoms with E-state index >= 15 is 0 Å². The van der Waals surface area contributed by atoms with Crippen LogP contribution in [0.2, 0.25) is 0 Å². The van der Waals surface area contributed by atoms with Gasteiger partial charge < -0.3 is 9.47 Å². The molecule has 0 saturated carbocycles. The number of hydrogen-bond acceptors (Lipinski definition) is 6. The first-order valence-electron chi connectivity index (χ1n) is 10.1. The van der Waals surface area contributed by atoms with E-state index in [1.165, 1.54) is 0 Å². The van der Waals surface area contributed by atoms with Gasteiger partial charge in [0.2, 0.25) is 0 Å². The molecule has 0 spiro atoms. The Labute approximate surface area is 176 Å². The quantitative estimate of drug-likeness (QED) is 0.558. The van der Waals surface area contributed by atoms with Crippen molar-refractivity contribution in [1.29, 1.82) is 0 Å². The Bertz CT molecular complexity index is 1120. The zero-order valence-corrected chi connectivity index (χ0v) is 18.3. The standard InChI is InChI=1S/C23H27N3O4/c1-7-29-22(27)16-11-9-10-14(5)19(16)20-15(6)25-26-18(13(3)4)12-17(24-21(20)26)23(28)30-8-2/h9-13H,7-8H2,1-6H3. The molecule has 3 rings (SSSR count). The molecule has 158 valence electrons. The average molecular weight is 409 g/mol. The van der Waals surface area contributed by atoms with Crippen LogP contribution in [0.5, 0.6) is 0 Å². The zero-order chi connectivity index (χ0) is 22.0. The second-order valence-electron chi connectivity index (χ2n) is 7.36. The molecular weight excluding hydrogens is 382 g/mol. The third-order valence-electron chi connectivity index (χ3n) is 4.89. The monoisotopic (exact) mass is 409 g/mol. The average Bonchev–Trinajstić information content (AvgIpc) is 3.02. The Morgan fingerprint density at radius 3 is 2.33 bits per heavy atom. The minimum absolute atomic E-state index is 0.0947. The summed E-state index contributed by atoms with van der Waals surface area (Å²) in [5.74, 6) is -0.792. The van der Waals surface area contributed by atoms with Crippen molar-refractivity contribution < 1.29 is 19.1 Å². The minimum Gasteiger partial charge on any atom is -0.462 e. The molecule has 1 aromatic carbocycles. The summed E-state index contributed by atoms with van der Waals surface area (Å²) in [7, 11) is 0. The number of carbonyl (C=O) groups excluding carboxylic acids is 2. The van der Waals surface area contributed by atoms with Gasteiger partial charge in [0, 0.05) is 11.3 Å². The molecule has 0 fully saturated rings. The van der Waals surface area contributed by atoms with Crippen LogP contribution in [0.25, 0.3) is 16.8 Å². The maximum absolute atomic E-state index is 12.7. The number of rotatable bonds is 6. The van der Waals surface area contributed by atoms with Gasteiger partial charge in [0.1, 0.15) is 0 Å². The number of benzene rings is 1. The maximum atomic E-state index is 12.7. The largest absolute Gasteiger partial charge is 0.462 e. The molecule has 0 amide bonds. The van der Waals surface area contributed by atoms with Crippen molar-refractivity contribution in [3.05, 3.63) is 52.5 Å². The summed E-state index contributed by atoms with van der Waals surface area (Å²) in [5.41, 5.74) is 5.06. The van der Waals surface area contributed by atoms with E-state index < -0.39 is 11.9 Å². The van der Waals surface area contributed by atoms with Crippen molar-refractivity contribution in [2.45, 2.75) is 47.5 Å². The highest BCUT2D eigenvalue weighted by Gasteiger charge is 2.25. The normalized spacial score (nSPS) is 11.2. The first-order chi connectivity index (χ1) is 14.3. The number of aromatic nitrogens is 3. The number of ether oxygens (including phenoxy) is 2. The van der Waals surface area contributed by atoms with Crippen LogP contribution >= 0.6 is 0 Å². The number of hydrogen-bond donors (Lipinski definition) is 0. The zero-order valence-electron chi connectivity index (χ0n) is 18.3. The molecule has 0 aliphatic rings. The number of aryl methyl sites for hydroxylation is 2. The molecule has 2 aromatic heterocycles. The van der Waals surface area contributed by atoms with Crippen LogP contribution in [0.3, 0.4) is 0 Å². The number of esters is 2. The van der Waals surface area contributed by atoms with Gasteiger partial charge in [-0.3, -0.25) is 0 Å². The van der Waals surface area contributed by atoms with Crippen LogP contribution < -0.4 is 0 Å². The fourth-order valence-corrected chi connectivity index (χ4v) is 3.54. The van der Waals surface area contributed by atoms with Crippen molar-refractivity contribution in [2.24, 2.45) is 0 Å². The molecule has 3 aromatic rings. The number of nitrogens with zero attached hydrogens (tertiary/aromatic N) is 3. The van der Waals surface area contributed by atoms with Crippen molar-refractivity contribution in [3.63, 3.8) is 0 Å². The molecule has 30 heavy (non-hydrogen) atoms. The minimum atomic E-state index is -0.484. The smallest absolute Gasteiger partial charge is 0.357 e. The third kappa shape index (κ3) is 3.79. The Kier molecular flexibility index (Phi) is 6.20. The lowest BCUT2D eigenvalue weighted by Gasteiger charge is -2.13. The van der Waals surface area contributed by atoms with Gasteiger partial charge in [0.15, 0.2) is 11.3 Å². The first-order valence-corrected chi connectivity index (χ1v) is 10.1. The summed E-state index contributed by atoms with van der Waals surface area (Å²) >= 11 is 0. The lowest BCUT2D eigenvalue weighted by atomic mass is 9.95. The predicted octanol–water partition coefficient (Wildman–Crippen LogP) is 4.49. The Hall–Kier alpha value is -3.22. The van der Waals surface area contributed by atoms with Gasteiger partial charge in [-0.1, -0.05) is 26.0 Å². The van der Waals surface area contributed by atoms with Crippen LogP contribution in [0.1, 0.15) is 71.4 Å². The fourth-order valence-electron chi connectivity index (χ4n) is 3.54. The molecule has 0 radical (unpaired) electrons.